The van der Waals surface area contributed by atoms with Gasteiger partial charge < -0.3 is 9.64 Å². The number of aromatic nitrogens is 1. The first-order valence-electron chi connectivity index (χ1n) is 5.57. The van der Waals surface area contributed by atoms with Gasteiger partial charge in [0.05, 0.1) is 0 Å². The van der Waals surface area contributed by atoms with E-state index < -0.39 is 0 Å². The third kappa shape index (κ3) is 4.02. The van der Waals surface area contributed by atoms with Crippen LogP contribution in [0.15, 0.2) is 48.7 Å². The highest BCUT2D eigenvalue weighted by Gasteiger charge is 2.06. The Bertz CT molecular complexity index is 474. The molecule has 0 spiro atoms. The van der Waals surface area contributed by atoms with Crippen molar-refractivity contribution in [3.05, 3.63) is 54.2 Å². The molecule has 3 nitrogen and oxygen atoms in total. The van der Waals surface area contributed by atoms with E-state index in [1.54, 1.807) is 6.20 Å². The summed E-state index contributed by atoms with van der Waals surface area (Å²) in [6, 6.07) is 13.7. The molecule has 2 rings (SSSR count). The Morgan fingerprint density at radius 1 is 1.06 bits per heavy atom. The second-order valence-corrected chi connectivity index (χ2v) is 4.12. The minimum absolute atomic E-state index is 0. The summed E-state index contributed by atoms with van der Waals surface area (Å²) in [5, 5.41) is 0. The van der Waals surface area contributed by atoms with Crippen LogP contribution in [0.1, 0.15) is 5.56 Å². The Balaban J connectivity index is 0.00000162. The zero-order chi connectivity index (χ0) is 12.1. The molecule has 1 aromatic heterocycles. The molecule has 0 aliphatic heterocycles. The third-order valence-electron chi connectivity index (χ3n) is 2.29. The number of nitrogens with zero attached hydrogens (tertiary/aromatic N) is 2. The molecule has 0 aliphatic carbocycles. The second kappa shape index (κ2) is 6.99. The average molecular weight is 265 g/mol. The van der Waals surface area contributed by atoms with Crippen molar-refractivity contribution >= 4 is 12.4 Å². The molecule has 18 heavy (non-hydrogen) atoms. The summed E-state index contributed by atoms with van der Waals surface area (Å²) < 4.78 is 5.77. The van der Waals surface area contributed by atoms with Crippen molar-refractivity contribution in [1.82, 2.24) is 9.88 Å². The van der Waals surface area contributed by atoms with Crippen molar-refractivity contribution < 1.29 is 4.74 Å². The summed E-state index contributed by atoms with van der Waals surface area (Å²) in [4.78, 5) is 6.37. The Kier molecular flexibility index (Phi) is 5.62. The maximum atomic E-state index is 5.77. The lowest BCUT2D eigenvalue weighted by atomic mass is 10.2. The van der Waals surface area contributed by atoms with Gasteiger partial charge in [-0.1, -0.05) is 24.3 Å². The van der Waals surface area contributed by atoms with Gasteiger partial charge in [-0.15, -0.1) is 12.4 Å². The lowest BCUT2D eigenvalue weighted by Crippen LogP contribution is -2.11. The van der Waals surface area contributed by atoms with Gasteiger partial charge in [-0.3, -0.25) is 0 Å². The van der Waals surface area contributed by atoms with Crippen LogP contribution in [0, 0.1) is 0 Å². The van der Waals surface area contributed by atoms with Gasteiger partial charge in [-0.2, -0.15) is 0 Å². The Morgan fingerprint density at radius 3 is 2.44 bits per heavy atom. The number of hydrogen-bond donors (Lipinski definition) is 0. The zero-order valence-corrected chi connectivity index (χ0v) is 11.4. The molecule has 1 heterocycles. The van der Waals surface area contributed by atoms with Crippen LogP contribution in [-0.4, -0.2) is 24.0 Å². The summed E-state index contributed by atoms with van der Waals surface area (Å²) in [6.07, 6.45) is 1.75. The topological polar surface area (TPSA) is 25.4 Å². The van der Waals surface area contributed by atoms with Gasteiger partial charge in [0.2, 0.25) is 5.88 Å². The Labute approximate surface area is 114 Å². The number of halogens is 1. The van der Waals surface area contributed by atoms with E-state index in [9.17, 15) is 0 Å². The molecule has 0 N–H and O–H groups in total. The predicted molar refractivity (Wildman–Crippen MR) is 75.4 cm³/mol. The highest BCUT2D eigenvalue weighted by Crippen LogP contribution is 2.22. The van der Waals surface area contributed by atoms with E-state index in [1.807, 2.05) is 56.6 Å². The van der Waals surface area contributed by atoms with Crippen LogP contribution in [0.25, 0.3) is 0 Å². The Morgan fingerprint density at radius 2 is 1.78 bits per heavy atom. The van der Waals surface area contributed by atoms with Crippen LogP contribution >= 0.6 is 12.4 Å². The van der Waals surface area contributed by atoms with Crippen molar-refractivity contribution in [3.63, 3.8) is 0 Å². The maximum Gasteiger partial charge on any atom is 0.223 e. The molecule has 96 valence electrons. The van der Waals surface area contributed by atoms with E-state index in [4.69, 9.17) is 4.74 Å². The minimum atomic E-state index is 0. The van der Waals surface area contributed by atoms with Crippen molar-refractivity contribution in [2.45, 2.75) is 6.54 Å². The van der Waals surface area contributed by atoms with Crippen LogP contribution in [0.3, 0.4) is 0 Å². The molecule has 0 unspecified atom stereocenters. The second-order valence-electron chi connectivity index (χ2n) is 4.12. The average Bonchev–Trinajstić information content (AvgIpc) is 2.32. The SMILES string of the molecule is CN(C)Cc1cccnc1Oc1ccccc1.Cl. The molecule has 0 fully saturated rings. The summed E-state index contributed by atoms with van der Waals surface area (Å²) in [6.45, 7) is 0.815. The van der Waals surface area contributed by atoms with Crippen molar-refractivity contribution in [2.75, 3.05) is 14.1 Å². The Hall–Kier alpha value is -1.58. The van der Waals surface area contributed by atoms with Crippen LogP contribution in [0.4, 0.5) is 0 Å². The molecule has 0 saturated heterocycles. The minimum Gasteiger partial charge on any atom is -0.439 e. The van der Waals surface area contributed by atoms with Crippen LogP contribution in [0.2, 0.25) is 0 Å². The lowest BCUT2D eigenvalue weighted by molar-refractivity contribution is 0.383. The van der Waals surface area contributed by atoms with E-state index >= 15 is 0 Å². The van der Waals surface area contributed by atoms with Crippen molar-refractivity contribution in [2.24, 2.45) is 0 Å². The highest BCUT2D eigenvalue weighted by molar-refractivity contribution is 5.85. The van der Waals surface area contributed by atoms with E-state index in [1.165, 1.54) is 0 Å². The van der Waals surface area contributed by atoms with E-state index in [0.717, 1.165) is 17.9 Å². The van der Waals surface area contributed by atoms with Gasteiger partial charge in [0.15, 0.2) is 0 Å². The quantitative estimate of drug-likeness (QED) is 0.847. The smallest absolute Gasteiger partial charge is 0.223 e. The molecule has 0 radical (unpaired) electrons. The molecule has 0 amide bonds. The standard InChI is InChI=1S/C14H16N2O.ClH/c1-16(2)11-12-7-6-10-15-14(12)17-13-8-4-3-5-9-13;/h3-10H,11H2,1-2H3;1H. The number of ether oxygens (including phenoxy) is 1. The number of pyridine rings is 1. The lowest BCUT2D eigenvalue weighted by Gasteiger charge is -2.13. The molecular weight excluding hydrogens is 248 g/mol. The first-order chi connectivity index (χ1) is 8.25. The van der Waals surface area contributed by atoms with Gasteiger partial charge in [0, 0.05) is 18.3 Å². The van der Waals surface area contributed by atoms with Crippen LogP contribution < -0.4 is 4.74 Å². The maximum absolute atomic E-state index is 5.77. The molecular formula is C14H17ClN2O. The van der Waals surface area contributed by atoms with E-state index in [0.29, 0.717) is 5.88 Å². The highest BCUT2D eigenvalue weighted by atomic mass is 35.5. The van der Waals surface area contributed by atoms with Gasteiger partial charge in [-0.05, 0) is 32.3 Å². The molecule has 1 aromatic carbocycles. The molecule has 0 saturated carbocycles. The summed E-state index contributed by atoms with van der Waals surface area (Å²) in [7, 11) is 4.05. The number of para-hydroxylation sites is 1. The number of rotatable bonds is 4. The molecule has 0 atom stereocenters. The first-order valence-corrected chi connectivity index (χ1v) is 5.57. The van der Waals surface area contributed by atoms with Crippen LogP contribution in [-0.2, 0) is 6.54 Å². The normalized spacial score (nSPS) is 9.94. The fourth-order valence-corrected chi connectivity index (χ4v) is 1.58. The van der Waals surface area contributed by atoms with Crippen molar-refractivity contribution in [1.29, 1.82) is 0 Å². The summed E-state index contributed by atoms with van der Waals surface area (Å²) in [5.41, 5.74) is 1.08. The zero-order valence-electron chi connectivity index (χ0n) is 10.5. The predicted octanol–water partition coefficient (Wildman–Crippen LogP) is 3.36. The largest absolute Gasteiger partial charge is 0.439 e. The first kappa shape index (κ1) is 14.5. The monoisotopic (exact) mass is 264 g/mol. The molecule has 2 aromatic rings. The van der Waals surface area contributed by atoms with Crippen LogP contribution in [0.5, 0.6) is 11.6 Å². The molecule has 0 aliphatic rings. The van der Waals surface area contributed by atoms with Gasteiger partial charge in [-0.25, -0.2) is 4.98 Å². The number of benzene rings is 1. The summed E-state index contributed by atoms with van der Waals surface area (Å²) >= 11 is 0. The van der Waals surface area contributed by atoms with Crippen molar-refractivity contribution in [3.8, 4) is 11.6 Å². The fraction of sp³-hybridized carbons (Fsp3) is 0.214. The van der Waals surface area contributed by atoms with Gasteiger partial charge >= 0.3 is 0 Å². The fourth-order valence-electron chi connectivity index (χ4n) is 1.58. The molecule has 0 bridgehead atoms. The van der Waals surface area contributed by atoms with Gasteiger partial charge in [0.1, 0.15) is 5.75 Å². The number of hydrogen-bond acceptors (Lipinski definition) is 3. The summed E-state index contributed by atoms with van der Waals surface area (Å²) in [5.74, 6) is 1.48. The van der Waals surface area contributed by atoms with Gasteiger partial charge in [0.25, 0.3) is 0 Å². The van der Waals surface area contributed by atoms with E-state index in [-0.39, 0.29) is 12.4 Å². The molecule has 4 heteroatoms. The van der Waals surface area contributed by atoms with E-state index in [2.05, 4.69) is 9.88 Å². The third-order valence-corrected chi connectivity index (χ3v) is 2.29.